The summed E-state index contributed by atoms with van der Waals surface area (Å²) in [7, 11) is 0. The van der Waals surface area contributed by atoms with Crippen LogP contribution in [0.25, 0.3) is 5.69 Å². The van der Waals surface area contributed by atoms with Crippen LogP contribution in [-0.2, 0) is 6.54 Å². The van der Waals surface area contributed by atoms with Crippen molar-refractivity contribution in [3.63, 3.8) is 0 Å². The highest BCUT2D eigenvalue weighted by molar-refractivity contribution is 6.06. The number of hydrogen-bond acceptors (Lipinski definition) is 5. The van der Waals surface area contributed by atoms with Crippen molar-refractivity contribution in [1.82, 2.24) is 30.0 Å². The molecule has 1 aromatic carbocycles. The zero-order chi connectivity index (χ0) is 14.7. The van der Waals surface area contributed by atoms with E-state index >= 15 is 0 Å². The minimum Gasteiger partial charge on any atom is -0.285 e. The summed E-state index contributed by atoms with van der Waals surface area (Å²) < 4.78 is 1.59. The number of carbonyl (C=O) groups excluding carboxylic acids is 1. The van der Waals surface area contributed by atoms with Gasteiger partial charge in [-0.05, 0) is 18.6 Å². The summed E-state index contributed by atoms with van der Waals surface area (Å²) in [6, 6.07) is 9.43. The number of nitrogens with zero attached hydrogens (tertiary/aromatic N) is 6. The summed E-state index contributed by atoms with van der Waals surface area (Å²) in [6.07, 6.45) is 3.79. The van der Waals surface area contributed by atoms with Gasteiger partial charge in [0.2, 0.25) is 5.78 Å². The molecule has 2 heterocycles. The SMILES string of the molecule is CCCn1nncc1C(=O)c1cnn(-c2ccccc2)n1. The Morgan fingerprint density at radius 1 is 1.19 bits per heavy atom. The molecule has 0 aliphatic rings. The number of hydrogen-bond donors (Lipinski definition) is 0. The van der Waals surface area contributed by atoms with Gasteiger partial charge in [-0.25, -0.2) is 4.68 Å². The average molecular weight is 282 g/mol. The van der Waals surface area contributed by atoms with E-state index in [-0.39, 0.29) is 11.5 Å². The van der Waals surface area contributed by atoms with E-state index in [2.05, 4.69) is 20.5 Å². The van der Waals surface area contributed by atoms with Gasteiger partial charge in [-0.1, -0.05) is 30.3 Å². The largest absolute Gasteiger partial charge is 0.285 e. The van der Waals surface area contributed by atoms with Crippen molar-refractivity contribution in [1.29, 1.82) is 0 Å². The van der Waals surface area contributed by atoms with Gasteiger partial charge in [0.05, 0.1) is 18.1 Å². The van der Waals surface area contributed by atoms with Crippen LogP contribution in [0.3, 0.4) is 0 Å². The van der Waals surface area contributed by atoms with E-state index in [0.29, 0.717) is 12.2 Å². The molecule has 0 unspecified atom stereocenters. The third kappa shape index (κ3) is 2.58. The lowest BCUT2D eigenvalue weighted by atomic mass is 10.2. The third-order valence-electron chi connectivity index (χ3n) is 3.00. The fraction of sp³-hybridized carbons (Fsp3) is 0.214. The number of rotatable bonds is 5. The summed E-state index contributed by atoms with van der Waals surface area (Å²) in [5, 5.41) is 16.1. The van der Waals surface area contributed by atoms with E-state index in [4.69, 9.17) is 0 Å². The second-order valence-electron chi connectivity index (χ2n) is 4.53. The van der Waals surface area contributed by atoms with E-state index in [1.165, 1.54) is 17.2 Å². The third-order valence-corrected chi connectivity index (χ3v) is 3.00. The second-order valence-corrected chi connectivity index (χ2v) is 4.53. The number of aryl methyl sites for hydroxylation is 1. The minimum absolute atomic E-state index is 0.226. The van der Waals surface area contributed by atoms with Crippen molar-refractivity contribution >= 4 is 5.78 Å². The normalized spacial score (nSPS) is 10.7. The minimum atomic E-state index is -0.226. The van der Waals surface area contributed by atoms with Gasteiger partial charge < -0.3 is 0 Å². The highest BCUT2D eigenvalue weighted by Gasteiger charge is 2.18. The molecular formula is C14H14N6O. The Kier molecular flexibility index (Phi) is 3.55. The summed E-state index contributed by atoms with van der Waals surface area (Å²) in [5.41, 5.74) is 1.51. The maximum absolute atomic E-state index is 12.4. The van der Waals surface area contributed by atoms with Gasteiger partial charge in [-0.2, -0.15) is 9.90 Å². The van der Waals surface area contributed by atoms with Gasteiger partial charge in [-0.15, -0.1) is 10.2 Å². The zero-order valence-electron chi connectivity index (χ0n) is 11.5. The van der Waals surface area contributed by atoms with Crippen LogP contribution in [0.1, 0.15) is 29.5 Å². The Bertz CT molecular complexity index is 746. The zero-order valence-corrected chi connectivity index (χ0v) is 11.5. The molecule has 2 aromatic heterocycles. The van der Waals surface area contributed by atoms with Crippen LogP contribution in [-0.4, -0.2) is 35.8 Å². The summed E-state index contributed by atoms with van der Waals surface area (Å²) in [5.74, 6) is -0.226. The highest BCUT2D eigenvalue weighted by Crippen LogP contribution is 2.09. The topological polar surface area (TPSA) is 78.5 Å². The molecule has 0 N–H and O–H groups in total. The number of carbonyl (C=O) groups is 1. The lowest BCUT2D eigenvalue weighted by Crippen LogP contribution is -2.12. The summed E-state index contributed by atoms with van der Waals surface area (Å²) in [4.78, 5) is 13.9. The van der Waals surface area contributed by atoms with E-state index in [0.717, 1.165) is 12.1 Å². The van der Waals surface area contributed by atoms with Crippen LogP contribution in [0.15, 0.2) is 42.7 Å². The second kappa shape index (κ2) is 5.66. The molecule has 0 fully saturated rings. The molecule has 106 valence electrons. The van der Waals surface area contributed by atoms with Crippen LogP contribution in [0, 0.1) is 0 Å². The Balaban J connectivity index is 1.89. The van der Waals surface area contributed by atoms with Gasteiger partial charge in [-0.3, -0.25) is 4.79 Å². The van der Waals surface area contributed by atoms with Crippen molar-refractivity contribution in [2.45, 2.75) is 19.9 Å². The molecule has 0 bridgehead atoms. The van der Waals surface area contributed by atoms with Crippen LogP contribution in [0.5, 0.6) is 0 Å². The van der Waals surface area contributed by atoms with Crippen molar-refractivity contribution in [2.75, 3.05) is 0 Å². The molecular weight excluding hydrogens is 268 g/mol. The molecule has 7 heteroatoms. The summed E-state index contributed by atoms with van der Waals surface area (Å²) >= 11 is 0. The lowest BCUT2D eigenvalue weighted by molar-refractivity contribution is 0.102. The van der Waals surface area contributed by atoms with Gasteiger partial charge in [0.25, 0.3) is 0 Å². The lowest BCUT2D eigenvalue weighted by Gasteiger charge is -2.01. The van der Waals surface area contributed by atoms with Crippen molar-refractivity contribution in [3.8, 4) is 5.69 Å². The average Bonchev–Trinajstić information content (AvgIpc) is 3.17. The first-order chi connectivity index (χ1) is 10.3. The van der Waals surface area contributed by atoms with Crippen LogP contribution < -0.4 is 0 Å². The van der Waals surface area contributed by atoms with Crippen molar-refractivity contribution < 1.29 is 4.79 Å². The van der Waals surface area contributed by atoms with Gasteiger partial charge in [0.1, 0.15) is 5.69 Å². The number of aromatic nitrogens is 6. The molecule has 3 rings (SSSR count). The smallest absolute Gasteiger partial charge is 0.234 e. The first-order valence-electron chi connectivity index (χ1n) is 6.70. The Morgan fingerprint density at radius 3 is 2.76 bits per heavy atom. The van der Waals surface area contributed by atoms with Gasteiger partial charge in [0, 0.05) is 6.54 Å². The monoisotopic (exact) mass is 282 g/mol. The maximum atomic E-state index is 12.4. The molecule has 0 radical (unpaired) electrons. The number of benzene rings is 1. The van der Waals surface area contributed by atoms with Crippen LogP contribution >= 0.6 is 0 Å². The molecule has 3 aromatic rings. The molecule has 0 saturated carbocycles. The molecule has 7 nitrogen and oxygen atoms in total. The maximum Gasteiger partial charge on any atom is 0.234 e. The van der Waals surface area contributed by atoms with Crippen LogP contribution in [0.2, 0.25) is 0 Å². The van der Waals surface area contributed by atoms with Crippen LogP contribution in [0.4, 0.5) is 0 Å². The van der Waals surface area contributed by atoms with E-state index in [1.807, 2.05) is 37.3 Å². The molecule has 0 spiro atoms. The first-order valence-corrected chi connectivity index (χ1v) is 6.70. The van der Waals surface area contributed by atoms with Crippen molar-refractivity contribution in [3.05, 3.63) is 54.1 Å². The molecule has 0 amide bonds. The Morgan fingerprint density at radius 2 is 2.00 bits per heavy atom. The summed E-state index contributed by atoms with van der Waals surface area (Å²) in [6.45, 7) is 2.66. The highest BCUT2D eigenvalue weighted by atomic mass is 16.1. The van der Waals surface area contributed by atoms with Crippen molar-refractivity contribution in [2.24, 2.45) is 0 Å². The quantitative estimate of drug-likeness (QED) is 0.663. The van der Waals surface area contributed by atoms with E-state index in [9.17, 15) is 4.79 Å². The molecule has 21 heavy (non-hydrogen) atoms. The van der Waals surface area contributed by atoms with Gasteiger partial charge >= 0.3 is 0 Å². The Hall–Kier alpha value is -2.83. The standard InChI is InChI=1S/C14H14N6O/c1-2-8-19-13(10-15-18-19)14(21)12-9-16-20(17-12)11-6-4-3-5-7-11/h3-7,9-10H,2,8H2,1H3. The van der Waals surface area contributed by atoms with E-state index in [1.54, 1.807) is 4.68 Å². The predicted molar refractivity (Wildman–Crippen MR) is 75.1 cm³/mol. The fourth-order valence-corrected chi connectivity index (χ4v) is 1.99. The molecule has 0 atom stereocenters. The van der Waals surface area contributed by atoms with Gasteiger partial charge in [0.15, 0.2) is 5.69 Å². The predicted octanol–water partition coefficient (Wildman–Crippen LogP) is 1.50. The molecule has 0 aliphatic heterocycles. The molecule has 0 aliphatic carbocycles. The first kappa shape index (κ1) is 13.2. The molecule has 0 saturated heterocycles. The Labute approximate surface area is 121 Å². The number of ketones is 1. The fourth-order valence-electron chi connectivity index (χ4n) is 1.99. The van der Waals surface area contributed by atoms with E-state index < -0.39 is 0 Å². The number of para-hydroxylation sites is 1.